The molecule has 4 nitrogen and oxygen atoms in total. The summed E-state index contributed by atoms with van der Waals surface area (Å²) < 4.78 is 2.06. The molecule has 0 aliphatic carbocycles. The van der Waals surface area contributed by atoms with E-state index >= 15 is 0 Å². The van der Waals surface area contributed by atoms with Crippen molar-refractivity contribution in [3.8, 4) is 6.07 Å². The topological polar surface area (TPSA) is 66.0 Å². The van der Waals surface area contributed by atoms with Gasteiger partial charge >= 0.3 is 5.97 Å². The minimum absolute atomic E-state index is 0.290. The van der Waals surface area contributed by atoms with Crippen LogP contribution in [0.2, 0.25) is 0 Å². The molecule has 0 radical (unpaired) electrons. The van der Waals surface area contributed by atoms with Crippen LogP contribution < -0.4 is 0 Å². The monoisotopic (exact) mass is 276 g/mol. The molecular weight excluding hydrogens is 264 g/mol. The molecule has 3 rings (SSSR count). The summed E-state index contributed by atoms with van der Waals surface area (Å²) in [6.45, 7) is 0.682. The molecule has 0 saturated heterocycles. The Labute approximate surface area is 121 Å². The summed E-state index contributed by atoms with van der Waals surface area (Å²) in [4.78, 5) is 11.0. The fraction of sp³-hybridized carbons (Fsp3) is 0.0588. The van der Waals surface area contributed by atoms with Gasteiger partial charge in [0.25, 0.3) is 0 Å². The first-order valence-corrected chi connectivity index (χ1v) is 6.48. The molecule has 21 heavy (non-hydrogen) atoms. The molecule has 0 spiro atoms. The number of nitriles is 1. The molecule has 0 aliphatic rings. The molecule has 4 heteroatoms. The van der Waals surface area contributed by atoms with Gasteiger partial charge in [-0.25, -0.2) is 4.79 Å². The second-order valence-electron chi connectivity index (χ2n) is 4.83. The first-order valence-electron chi connectivity index (χ1n) is 6.48. The number of aromatic carboxylic acids is 1. The lowest BCUT2D eigenvalue weighted by molar-refractivity contribution is 0.0697. The van der Waals surface area contributed by atoms with E-state index in [1.54, 1.807) is 24.3 Å². The zero-order valence-electron chi connectivity index (χ0n) is 11.2. The largest absolute Gasteiger partial charge is 0.478 e. The number of benzene rings is 2. The normalized spacial score (nSPS) is 10.4. The van der Waals surface area contributed by atoms with Crippen molar-refractivity contribution in [3.05, 3.63) is 71.4 Å². The van der Waals surface area contributed by atoms with E-state index in [1.165, 1.54) is 0 Å². The van der Waals surface area contributed by atoms with E-state index < -0.39 is 5.97 Å². The van der Waals surface area contributed by atoms with Crippen LogP contribution in [-0.2, 0) is 6.54 Å². The van der Waals surface area contributed by atoms with Gasteiger partial charge in [-0.05, 0) is 42.0 Å². The smallest absolute Gasteiger partial charge is 0.335 e. The zero-order chi connectivity index (χ0) is 14.8. The van der Waals surface area contributed by atoms with Crippen LogP contribution >= 0.6 is 0 Å². The Balaban J connectivity index is 1.93. The van der Waals surface area contributed by atoms with E-state index in [4.69, 9.17) is 10.4 Å². The maximum atomic E-state index is 11.0. The Hall–Kier alpha value is -3.06. The average Bonchev–Trinajstić information content (AvgIpc) is 2.90. The van der Waals surface area contributed by atoms with E-state index in [0.29, 0.717) is 17.7 Å². The number of hydrogen-bond donors (Lipinski definition) is 1. The predicted octanol–water partition coefficient (Wildman–Crippen LogP) is 3.26. The summed E-state index contributed by atoms with van der Waals surface area (Å²) in [7, 11) is 0. The number of rotatable bonds is 3. The molecule has 0 fully saturated rings. The number of hydrogen-bond acceptors (Lipinski definition) is 2. The molecule has 1 heterocycles. The van der Waals surface area contributed by atoms with Gasteiger partial charge in [-0.15, -0.1) is 0 Å². The molecule has 102 valence electrons. The number of carbonyl (C=O) groups is 1. The van der Waals surface area contributed by atoms with Gasteiger partial charge in [0.15, 0.2) is 0 Å². The maximum absolute atomic E-state index is 11.0. The Morgan fingerprint density at radius 2 is 1.90 bits per heavy atom. The molecule has 1 N–H and O–H groups in total. The highest BCUT2D eigenvalue weighted by Crippen LogP contribution is 2.19. The van der Waals surface area contributed by atoms with Crippen molar-refractivity contribution in [2.75, 3.05) is 0 Å². The number of aromatic nitrogens is 1. The summed E-state index contributed by atoms with van der Waals surface area (Å²) >= 11 is 0. The molecule has 0 aliphatic heterocycles. The van der Waals surface area contributed by atoms with Crippen LogP contribution in [0, 0.1) is 11.3 Å². The number of nitrogens with zero attached hydrogens (tertiary/aromatic N) is 2. The highest BCUT2D eigenvalue weighted by molar-refractivity contribution is 5.93. The lowest BCUT2D eigenvalue weighted by atomic mass is 10.1. The number of carboxylic acid groups (broad SMARTS) is 1. The minimum Gasteiger partial charge on any atom is -0.478 e. The van der Waals surface area contributed by atoms with Crippen LogP contribution in [0.15, 0.2) is 54.7 Å². The van der Waals surface area contributed by atoms with Gasteiger partial charge in [0, 0.05) is 23.6 Å². The molecule has 0 saturated carbocycles. The van der Waals surface area contributed by atoms with Crippen LogP contribution in [0.4, 0.5) is 0 Å². The molecule has 0 bridgehead atoms. The van der Waals surface area contributed by atoms with Crippen molar-refractivity contribution in [1.29, 1.82) is 5.26 Å². The third kappa shape index (κ3) is 2.49. The highest BCUT2D eigenvalue weighted by atomic mass is 16.4. The van der Waals surface area contributed by atoms with Crippen LogP contribution in [0.25, 0.3) is 10.9 Å². The van der Waals surface area contributed by atoms with Crippen molar-refractivity contribution in [3.63, 3.8) is 0 Å². The SMILES string of the molecule is N#Cc1ccc(Cn2ccc3cc(C(=O)O)ccc32)cc1. The first kappa shape index (κ1) is 12.9. The van der Waals surface area contributed by atoms with Crippen molar-refractivity contribution in [2.45, 2.75) is 6.54 Å². The van der Waals surface area contributed by atoms with Crippen LogP contribution in [-0.4, -0.2) is 15.6 Å². The second-order valence-corrected chi connectivity index (χ2v) is 4.83. The van der Waals surface area contributed by atoms with Gasteiger partial charge in [-0.3, -0.25) is 0 Å². The van der Waals surface area contributed by atoms with Gasteiger partial charge in [-0.2, -0.15) is 5.26 Å². The van der Waals surface area contributed by atoms with Gasteiger partial charge in [0.2, 0.25) is 0 Å². The Kier molecular flexibility index (Phi) is 3.17. The quantitative estimate of drug-likeness (QED) is 0.798. The molecule has 2 aromatic carbocycles. The van der Waals surface area contributed by atoms with E-state index in [1.807, 2.05) is 30.5 Å². The summed E-state index contributed by atoms with van der Waals surface area (Å²) in [5.74, 6) is -0.920. The van der Waals surface area contributed by atoms with E-state index in [0.717, 1.165) is 16.5 Å². The lowest BCUT2D eigenvalue weighted by Gasteiger charge is -2.06. The molecule has 1 aromatic heterocycles. The number of fused-ring (bicyclic) bond motifs is 1. The summed E-state index contributed by atoms with van der Waals surface area (Å²) in [6, 6.07) is 16.6. The lowest BCUT2D eigenvalue weighted by Crippen LogP contribution is -1.99. The van der Waals surface area contributed by atoms with Crippen molar-refractivity contribution in [2.24, 2.45) is 0 Å². The molecule has 0 amide bonds. The third-order valence-corrected chi connectivity index (χ3v) is 3.45. The standard InChI is InChI=1S/C17H12N2O2/c18-10-12-1-3-13(4-2-12)11-19-8-7-14-9-15(17(20)21)5-6-16(14)19/h1-9H,11H2,(H,20,21). The maximum Gasteiger partial charge on any atom is 0.335 e. The number of carboxylic acids is 1. The van der Waals surface area contributed by atoms with Gasteiger partial charge < -0.3 is 9.67 Å². The zero-order valence-corrected chi connectivity index (χ0v) is 11.2. The Bertz CT molecular complexity index is 855. The van der Waals surface area contributed by atoms with Crippen LogP contribution in [0.5, 0.6) is 0 Å². The van der Waals surface area contributed by atoms with Gasteiger partial charge in [0.1, 0.15) is 0 Å². The Morgan fingerprint density at radius 3 is 2.57 bits per heavy atom. The van der Waals surface area contributed by atoms with Gasteiger partial charge in [-0.1, -0.05) is 12.1 Å². The Morgan fingerprint density at radius 1 is 1.14 bits per heavy atom. The molecule has 0 atom stereocenters. The average molecular weight is 276 g/mol. The third-order valence-electron chi connectivity index (χ3n) is 3.45. The van der Waals surface area contributed by atoms with Crippen LogP contribution in [0.1, 0.15) is 21.5 Å². The van der Waals surface area contributed by atoms with E-state index in [2.05, 4.69) is 10.6 Å². The highest BCUT2D eigenvalue weighted by Gasteiger charge is 2.07. The van der Waals surface area contributed by atoms with E-state index in [9.17, 15) is 4.79 Å². The van der Waals surface area contributed by atoms with Crippen LogP contribution in [0.3, 0.4) is 0 Å². The fourth-order valence-electron chi connectivity index (χ4n) is 2.35. The van der Waals surface area contributed by atoms with Crippen molar-refractivity contribution in [1.82, 2.24) is 4.57 Å². The molecule has 0 unspecified atom stereocenters. The second kappa shape index (κ2) is 5.14. The minimum atomic E-state index is -0.920. The predicted molar refractivity (Wildman–Crippen MR) is 79.2 cm³/mol. The van der Waals surface area contributed by atoms with Crippen molar-refractivity contribution >= 4 is 16.9 Å². The first-order chi connectivity index (χ1) is 10.2. The summed E-state index contributed by atoms with van der Waals surface area (Å²) in [6.07, 6.45) is 1.94. The summed E-state index contributed by atoms with van der Waals surface area (Å²) in [5.41, 5.74) is 3.01. The molecule has 3 aromatic rings. The van der Waals surface area contributed by atoms with Gasteiger partial charge in [0.05, 0.1) is 17.2 Å². The van der Waals surface area contributed by atoms with E-state index in [-0.39, 0.29) is 0 Å². The van der Waals surface area contributed by atoms with Crippen molar-refractivity contribution < 1.29 is 9.90 Å². The molecular formula is C17H12N2O2. The summed E-state index contributed by atoms with van der Waals surface area (Å²) in [5, 5.41) is 18.7. The fourth-order valence-corrected chi connectivity index (χ4v) is 2.35.